The van der Waals surface area contributed by atoms with Crippen molar-refractivity contribution in [2.45, 2.75) is 56.4 Å². The van der Waals surface area contributed by atoms with Gasteiger partial charge in [0.2, 0.25) is 5.91 Å². The predicted octanol–water partition coefficient (Wildman–Crippen LogP) is 2.91. The number of alkyl halides is 2. The summed E-state index contributed by atoms with van der Waals surface area (Å²) in [4.78, 5) is 14.3. The molecule has 0 aromatic heterocycles. The lowest BCUT2D eigenvalue weighted by molar-refractivity contribution is -0.121. The number of nitrogens with one attached hydrogen (secondary N) is 1. The molecule has 0 aromatic rings. The van der Waals surface area contributed by atoms with Gasteiger partial charge in [-0.3, -0.25) is 9.69 Å². The van der Waals surface area contributed by atoms with Crippen LogP contribution in [0.2, 0.25) is 0 Å². The van der Waals surface area contributed by atoms with Crippen LogP contribution in [0.15, 0.2) is 0 Å². The summed E-state index contributed by atoms with van der Waals surface area (Å²) in [5.74, 6) is 0.128. The maximum Gasteiger partial charge on any atom is 0.234 e. The summed E-state index contributed by atoms with van der Waals surface area (Å²) >= 11 is 6.78. The molecule has 1 fully saturated rings. The Hall–Kier alpha value is 0.390. The minimum Gasteiger partial charge on any atom is -0.352 e. The first kappa shape index (κ1) is 16.4. The molecule has 106 valence electrons. The summed E-state index contributed by atoms with van der Waals surface area (Å²) in [7, 11) is 0. The van der Waals surface area contributed by atoms with E-state index in [2.05, 4.69) is 62.8 Å². The average molecular weight is 384 g/mol. The van der Waals surface area contributed by atoms with Crippen molar-refractivity contribution in [1.82, 2.24) is 10.2 Å². The topological polar surface area (TPSA) is 32.3 Å². The molecular weight excluding hydrogens is 360 g/mol. The standard InChI is InChI=1S/C13H24Br2N2O/c1-13(2,3)17-8-5-10(6-9-17)16-12(18)11(15)4-7-14/h10-11H,4-9H2,1-3H3,(H,16,18). The van der Waals surface area contributed by atoms with Gasteiger partial charge in [0.05, 0.1) is 4.83 Å². The largest absolute Gasteiger partial charge is 0.352 e. The van der Waals surface area contributed by atoms with Crippen molar-refractivity contribution < 1.29 is 4.79 Å². The normalized spacial score (nSPS) is 20.7. The fourth-order valence-corrected chi connectivity index (χ4v) is 3.65. The van der Waals surface area contributed by atoms with Gasteiger partial charge in [-0.25, -0.2) is 0 Å². The van der Waals surface area contributed by atoms with Gasteiger partial charge >= 0.3 is 0 Å². The van der Waals surface area contributed by atoms with E-state index in [9.17, 15) is 4.79 Å². The Labute approximate surface area is 127 Å². The van der Waals surface area contributed by atoms with Gasteiger partial charge < -0.3 is 5.32 Å². The Balaban J connectivity index is 2.33. The van der Waals surface area contributed by atoms with Crippen LogP contribution in [-0.2, 0) is 4.79 Å². The highest BCUT2D eigenvalue weighted by molar-refractivity contribution is 9.10. The minimum atomic E-state index is -0.0717. The number of amides is 1. The predicted molar refractivity (Wildman–Crippen MR) is 83.6 cm³/mol. The number of piperidine rings is 1. The summed E-state index contributed by atoms with van der Waals surface area (Å²) < 4.78 is 0. The van der Waals surface area contributed by atoms with Crippen molar-refractivity contribution in [3.05, 3.63) is 0 Å². The molecule has 0 saturated carbocycles. The zero-order valence-electron chi connectivity index (χ0n) is 11.5. The molecule has 1 saturated heterocycles. The molecule has 18 heavy (non-hydrogen) atoms. The van der Waals surface area contributed by atoms with E-state index in [4.69, 9.17) is 0 Å². The highest BCUT2D eigenvalue weighted by Crippen LogP contribution is 2.20. The molecule has 1 unspecified atom stereocenters. The van der Waals surface area contributed by atoms with Crippen LogP contribution < -0.4 is 5.32 Å². The lowest BCUT2D eigenvalue weighted by atomic mass is 9.98. The second kappa shape index (κ2) is 7.25. The molecule has 1 atom stereocenters. The van der Waals surface area contributed by atoms with Crippen LogP contribution >= 0.6 is 31.9 Å². The van der Waals surface area contributed by atoms with E-state index in [1.54, 1.807) is 0 Å². The molecule has 3 nitrogen and oxygen atoms in total. The van der Waals surface area contributed by atoms with Crippen LogP contribution in [-0.4, -0.2) is 45.6 Å². The zero-order valence-corrected chi connectivity index (χ0v) is 14.7. The second-order valence-electron chi connectivity index (χ2n) is 5.89. The lowest BCUT2D eigenvalue weighted by Crippen LogP contribution is -2.51. The molecule has 1 aliphatic heterocycles. The van der Waals surface area contributed by atoms with Crippen molar-refractivity contribution in [1.29, 1.82) is 0 Å². The van der Waals surface area contributed by atoms with Crippen molar-refractivity contribution in [2.75, 3.05) is 18.4 Å². The molecular formula is C13H24Br2N2O. The number of likely N-dealkylation sites (tertiary alicyclic amines) is 1. The number of nitrogens with zero attached hydrogens (tertiary/aromatic N) is 1. The van der Waals surface area contributed by atoms with Gasteiger partial charge in [0.1, 0.15) is 0 Å². The highest BCUT2D eigenvalue weighted by Gasteiger charge is 2.28. The molecule has 1 amide bonds. The third-order valence-corrected chi connectivity index (χ3v) is 4.77. The highest BCUT2D eigenvalue weighted by atomic mass is 79.9. The molecule has 0 aromatic carbocycles. The second-order valence-corrected chi connectivity index (χ2v) is 7.78. The fraction of sp³-hybridized carbons (Fsp3) is 0.923. The van der Waals surface area contributed by atoms with Gasteiger partial charge in [0, 0.05) is 30.0 Å². The molecule has 0 radical (unpaired) electrons. The van der Waals surface area contributed by atoms with E-state index in [0.29, 0.717) is 6.04 Å². The number of carbonyl (C=O) groups is 1. The molecule has 1 N–H and O–H groups in total. The van der Waals surface area contributed by atoms with Crippen molar-refractivity contribution >= 4 is 37.8 Å². The first-order valence-electron chi connectivity index (χ1n) is 6.60. The molecule has 1 heterocycles. The van der Waals surface area contributed by atoms with Crippen molar-refractivity contribution in [2.24, 2.45) is 0 Å². The third-order valence-electron chi connectivity index (χ3n) is 3.44. The van der Waals surface area contributed by atoms with Crippen molar-refractivity contribution in [3.63, 3.8) is 0 Å². The molecule has 5 heteroatoms. The summed E-state index contributed by atoms with van der Waals surface area (Å²) in [6, 6.07) is 0.339. The van der Waals surface area contributed by atoms with Gasteiger partial charge in [0.25, 0.3) is 0 Å². The number of hydrogen-bond donors (Lipinski definition) is 1. The zero-order chi connectivity index (χ0) is 13.8. The lowest BCUT2D eigenvalue weighted by Gasteiger charge is -2.41. The quantitative estimate of drug-likeness (QED) is 0.757. The van der Waals surface area contributed by atoms with E-state index in [1.165, 1.54) is 0 Å². The van der Waals surface area contributed by atoms with Crippen molar-refractivity contribution in [3.8, 4) is 0 Å². The van der Waals surface area contributed by atoms with E-state index in [0.717, 1.165) is 37.7 Å². The van der Waals surface area contributed by atoms with Gasteiger partial charge in [-0.05, 0) is 40.0 Å². The van der Waals surface area contributed by atoms with Crippen LogP contribution in [0.3, 0.4) is 0 Å². The minimum absolute atomic E-state index is 0.0717. The molecule has 0 bridgehead atoms. The first-order valence-corrected chi connectivity index (χ1v) is 8.63. The number of carbonyl (C=O) groups excluding carboxylic acids is 1. The van der Waals surface area contributed by atoms with Crippen LogP contribution in [0, 0.1) is 0 Å². The number of hydrogen-bond acceptors (Lipinski definition) is 2. The third kappa shape index (κ3) is 5.17. The van der Waals surface area contributed by atoms with E-state index in [-0.39, 0.29) is 16.3 Å². The van der Waals surface area contributed by atoms with Gasteiger partial charge in [-0.2, -0.15) is 0 Å². The van der Waals surface area contributed by atoms with Crippen LogP contribution in [0.5, 0.6) is 0 Å². The SMILES string of the molecule is CC(C)(C)N1CCC(NC(=O)C(Br)CCBr)CC1. The fourth-order valence-electron chi connectivity index (χ4n) is 2.21. The maximum absolute atomic E-state index is 11.9. The maximum atomic E-state index is 11.9. The summed E-state index contributed by atoms with van der Waals surface area (Å²) in [5, 5.41) is 3.99. The first-order chi connectivity index (χ1) is 8.34. The number of rotatable bonds is 4. The summed E-state index contributed by atoms with van der Waals surface area (Å²) in [5.41, 5.74) is 0.239. The van der Waals surface area contributed by atoms with Gasteiger partial charge in [-0.1, -0.05) is 31.9 Å². The monoisotopic (exact) mass is 382 g/mol. The molecule has 0 aliphatic carbocycles. The van der Waals surface area contributed by atoms with Gasteiger partial charge in [-0.15, -0.1) is 0 Å². The Bertz CT molecular complexity index is 271. The summed E-state index contributed by atoms with van der Waals surface area (Å²) in [6.07, 6.45) is 2.93. The Morgan fingerprint density at radius 3 is 2.39 bits per heavy atom. The Morgan fingerprint density at radius 1 is 1.39 bits per heavy atom. The summed E-state index contributed by atoms with van der Waals surface area (Å²) in [6.45, 7) is 8.88. The van der Waals surface area contributed by atoms with Gasteiger partial charge in [0.15, 0.2) is 0 Å². The molecule has 1 rings (SSSR count). The van der Waals surface area contributed by atoms with E-state index in [1.807, 2.05) is 0 Å². The van der Waals surface area contributed by atoms with Crippen LogP contribution in [0.25, 0.3) is 0 Å². The van der Waals surface area contributed by atoms with E-state index < -0.39 is 0 Å². The van der Waals surface area contributed by atoms with Crippen LogP contribution in [0.1, 0.15) is 40.0 Å². The Kier molecular flexibility index (Phi) is 6.62. The average Bonchev–Trinajstić information content (AvgIpc) is 2.28. The molecule has 1 aliphatic rings. The Morgan fingerprint density at radius 2 is 1.94 bits per heavy atom. The van der Waals surface area contributed by atoms with Crippen LogP contribution in [0.4, 0.5) is 0 Å². The van der Waals surface area contributed by atoms with E-state index >= 15 is 0 Å². The molecule has 0 spiro atoms. The number of halogens is 2. The smallest absolute Gasteiger partial charge is 0.234 e.